The number of hydrogen-bond acceptors (Lipinski definition) is 4. The van der Waals surface area contributed by atoms with Crippen LogP contribution < -0.4 is 5.32 Å². The van der Waals surface area contributed by atoms with Crippen LogP contribution in [0.5, 0.6) is 0 Å². The molecule has 6 heteroatoms. The van der Waals surface area contributed by atoms with Crippen molar-refractivity contribution < 1.29 is 23.2 Å². The Kier molecular flexibility index (Phi) is 4.00. The number of furan rings is 1. The average molecular weight is 377 g/mol. The molecule has 0 saturated carbocycles. The first kappa shape index (κ1) is 17.9. The van der Waals surface area contributed by atoms with Crippen LogP contribution in [0.2, 0.25) is 0 Å². The van der Waals surface area contributed by atoms with E-state index in [9.17, 15) is 18.8 Å². The molecule has 2 aromatic carbocycles. The number of halogens is 1. The number of aryl methyl sites for hydroxylation is 2. The fraction of sp³-hybridized carbons (Fsp3) is 0.136. The summed E-state index contributed by atoms with van der Waals surface area (Å²) in [7, 11) is 0. The van der Waals surface area contributed by atoms with E-state index in [0.717, 1.165) is 11.1 Å². The van der Waals surface area contributed by atoms with Crippen LogP contribution in [0.15, 0.2) is 40.8 Å². The number of anilines is 1. The van der Waals surface area contributed by atoms with Gasteiger partial charge in [-0.3, -0.25) is 14.4 Å². The Labute approximate surface area is 160 Å². The summed E-state index contributed by atoms with van der Waals surface area (Å²) >= 11 is 0. The number of Topliss-reactive ketones (excluding diaryl/α,β-unsaturated/α-hetero) is 2. The highest BCUT2D eigenvalue weighted by Gasteiger charge is 2.37. The maximum Gasteiger partial charge on any atom is 0.291 e. The van der Waals surface area contributed by atoms with E-state index in [0.29, 0.717) is 16.8 Å². The van der Waals surface area contributed by atoms with Crippen LogP contribution in [-0.2, 0) is 0 Å². The first-order chi connectivity index (χ1) is 13.3. The van der Waals surface area contributed by atoms with Crippen LogP contribution in [-0.4, -0.2) is 17.5 Å². The molecule has 4 rings (SSSR count). The Balaban J connectivity index is 1.81. The van der Waals surface area contributed by atoms with Gasteiger partial charge in [-0.2, -0.15) is 0 Å². The highest BCUT2D eigenvalue weighted by molar-refractivity contribution is 6.53. The largest absolute Gasteiger partial charge is 0.450 e. The SMILES string of the molecule is Cc1cc2c(cc1C)-c1oc(C(=O)Nc3ccc(F)cc3)c(C)c1C(=O)C2=O. The molecule has 0 unspecified atom stereocenters. The quantitative estimate of drug-likeness (QED) is 0.660. The third kappa shape index (κ3) is 2.65. The molecular weight excluding hydrogens is 361 g/mol. The zero-order chi connectivity index (χ0) is 20.2. The number of benzene rings is 2. The van der Waals surface area contributed by atoms with Gasteiger partial charge >= 0.3 is 0 Å². The first-order valence-electron chi connectivity index (χ1n) is 8.69. The molecule has 1 aromatic heterocycles. The molecule has 0 radical (unpaired) electrons. The number of hydrogen-bond donors (Lipinski definition) is 1. The van der Waals surface area contributed by atoms with Crippen molar-refractivity contribution in [2.45, 2.75) is 20.8 Å². The summed E-state index contributed by atoms with van der Waals surface area (Å²) in [4.78, 5) is 37.9. The van der Waals surface area contributed by atoms with E-state index in [4.69, 9.17) is 4.42 Å². The van der Waals surface area contributed by atoms with Crippen molar-refractivity contribution in [1.82, 2.24) is 0 Å². The molecule has 1 aliphatic rings. The Morgan fingerprint density at radius 3 is 2.18 bits per heavy atom. The molecule has 0 spiro atoms. The molecule has 0 bridgehead atoms. The second-order valence-electron chi connectivity index (χ2n) is 6.86. The summed E-state index contributed by atoms with van der Waals surface area (Å²) in [5.74, 6) is -2.13. The highest BCUT2D eigenvalue weighted by atomic mass is 19.1. The van der Waals surface area contributed by atoms with Crippen molar-refractivity contribution in [1.29, 1.82) is 0 Å². The number of carbonyl (C=O) groups excluding carboxylic acids is 3. The number of ketones is 2. The Hall–Kier alpha value is -3.54. The Bertz CT molecular complexity index is 1170. The minimum absolute atomic E-state index is 0.0541. The van der Waals surface area contributed by atoms with Gasteiger partial charge in [0.2, 0.25) is 11.6 Å². The van der Waals surface area contributed by atoms with Crippen LogP contribution in [0.4, 0.5) is 10.1 Å². The van der Waals surface area contributed by atoms with Crippen LogP contribution in [0.25, 0.3) is 11.3 Å². The van der Waals surface area contributed by atoms with Gasteiger partial charge in [0, 0.05) is 22.4 Å². The lowest BCUT2D eigenvalue weighted by Crippen LogP contribution is -2.21. The second kappa shape index (κ2) is 6.27. The summed E-state index contributed by atoms with van der Waals surface area (Å²) in [6.07, 6.45) is 0. The molecule has 1 aliphatic carbocycles. The van der Waals surface area contributed by atoms with Gasteiger partial charge in [-0.15, -0.1) is 0 Å². The van der Waals surface area contributed by atoms with Crippen LogP contribution in [0.3, 0.4) is 0 Å². The predicted octanol–water partition coefficient (Wildman–Crippen LogP) is 4.64. The smallest absolute Gasteiger partial charge is 0.291 e. The normalized spacial score (nSPS) is 12.6. The van der Waals surface area contributed by atoms with Crippen LogP contribution in [0.1, 0.15) is 48.0 Å². The fourth-order valence-electron chi connectivity index (χ4n) is 3.34. The predicted molar refractivity (Wildman–Crippen MR) is 101 cm³/mol. The zero-order valence-corrected chi connectivity index (χ0v) is 15.5. The first-order valence-corrected chi connectivity index (χ1v) is 8.69. The highest BCUT2D eigenvalue weighted by Crippen LogP contribution is 2.39. The van der Waals surface area contributed by atoms with Crippen LogP contribution >= 0.6 is 0 Å². The van der Waals surface area contributed by atoms with Gasteiger partial charge in [0.05, 0.1) is 5.56 Å². The van der Waals surface area contributed by atoms with Gasteiger partial charge in [-0.25, -0.2) is 4.39 Å². The lowest BCUT2D eigenvalue weighted by molar-refractivity contribution is 0.0814. The Morgan fingerprint density at radius 2 is 1.54 bits per heavy atom. The molecule has 28 heavy (non-hydrogen) atoms. The molecule has 1 heterocycles. The number of nitrogens with one attached hydrogen (secondary N) is 1. The van der Waals surface area contributed by atoms with Gasteiger partial charge < -0.3 is 9.73 Å². The molecule has 1 amide bonds. The molecule has 140 valence electrons. The van der Waals surface area contributed by atoms with Gasteiger partial charge in [0.1, 0.15) is 11.6 Å². The van der Waals surface area contributed by atoms with E-state index in [-0.39, 0.29) is 22.6 Å². The summed E-state index contributed by atoms with van der Waals surface area (Å²) < 4.78 is 18.8. The summed E-state index contributed by atoms with van der Waals surface area (Å²) in [5, 5.41) is 2.61. The van der Waals surface area contributed by atoms with Crippen molar-refractivity contribution in [3.8, 4) is 11.3 Å². The van der Waals surface area contributed by atoms with E-state index < -0.39 is 23.3 Å². The third-order valence-corrected chi connectivity index (χ3v) is 5.01. The maximum absolute atomic E-state index is 13.0. The van der Waals surface area contributed by atoms with Crippen molar-refractivity contribution in [2.75, 3.05) is 5.32 Å². The monoisotopic (exact) mass is 377 g/mol. The number of carbonyl (C=O) groups is 3. The number of amides is 1. The van der Waals surface area contributed by atoms with E-state index in [1.807, 2.05) is 13.8 Å². The fourth-order valence-corrected chi connectivity index (χ4v) is 3.34. The molecule has 3 aromatic rings. The summed E-state index contributed by atoms with van der Waals surface area (Å²) in [6, 6.07) is 8.74. The van der Waals surface area contributed by atoms with Gasteiger partial charge in [0.25, 0.3) is 5.91 Å². The van der Waals surface area contributed by atoms with E-state index in [1.165, 1.54) is 24.3 Å². The van der Waals surface area contributed by atoms with Gasteiger partial charge in [-0.05, 0) is 68.3 Å². The third-order valence-electron chi connectivity index (χ3n) is 5.01. The Morgan fingerprint density at radius 1 is 0.929 bits per heavy atom. The van der Waals surface area contributed by atoms with E-state index in [2.05, 4.69) is 5.32 Å². The van der Waals surface area contributed by atoms with Crippen LogP contribution in [0, 0.1) is 26.6 Å². The number of fused-ring (bicyclic) bond motifs is 3. The average Bonchev–Trinajstić information content (AvgIpc) is 3.01. The van der Waals surface area contributed by atoms with Crippen molar-refractivity contribution >= 4 is 23.2 Å². The molecular formula is C22H16FNO4. The molecule has 0 saturated heterocycles. The lowest BCUT2D eigenvalue weighted by Gasteiger charge is -2.15. The summed E-state index contributed by atoms with van der Waals surface area (Å²) in [5.41, 5.74) is 3.42. The zero-order valence-electron chi connectivity index (χ0n) is 15.5. The molecule has 1 N–H and O–H groups in total. The van der Waals surface area contributed by atoms with Crippen molar-refractivity contribution in [2.24, 2.45) is 0 Å². The maximum atomic E-state index is 13.0. The van der Waals surface area contributed by atoms with E-state index in [1.54, 1.807) is 19.1 Å². The van der Waals surface area contributed by atoms with Gasteiger partial charge in [0.15, 0.2) is 5.76 Å². The van der Waals surface area contributed by atoms with Crippen molar-refractivity contribution in [3.63, 3.8) is 0 Å². The molecule has 5 nitrogen and oxygen atoms in total. The number of rotatable bonds is 2. The van der Waals surface area contributed by atoms with Gasteiger partial charge in [-0.1, -0.05) is 0 Å². The summed E-state index contributed by atoms with van der Waals surface area (Å²) in [6.45, 7) is 5.32. The minimum atomic E-state index is -0.687. The standard InChI is InChI=1S/C22H16FNO4/c1-10-8-15-16(9-11(10)2)21-17(19(26)18(15)25)12(3)20(28-21)22(27)24-14-6-4-13(23)5-7-14/h4-9H,1-3H3,(H,24,27). The topological polar surface area (TPSA) is 76.4 Å². The molecule has 0 fully saturated rings. The minimum Gasteiger partial charge on any atom is -0.450 e. The molecule has 0 aliphatic heterocycles. The molecule has 0 atom stereocenters. The lowest BCUT2D eigenvalue weighted by atomic mass is 9.85. The van der Waals surface area contributed by atoms with Crippen molar-refractivity contribution in [3.05, 3.63) is 75.8 Å². The second-order valence-corrected chi connectivity index (χ2v) is 6.86. The van der Waals surface area contributed by atoms with E-state index >= 15 is 0 Å².